The molecule has 4 rings (SSSR count). The zero-order chi connectivity index (χ0) is 21.8. The monoisotopic (exact) mass is 414 g/mol. The summed E-state index contributed by atoms with van der Waals surface area (Å²) in [6.07, 6.45) is 2.95. The van der Waals surface area contributed by atoms with Gasteiger partial charge in [0, 0.05) is 29.8 Å². The van der Waals surface area contributed by atoms with Crippen LogP contribution in [0.1, 0.15) is 40.7 Å². The molecule has 1 N–H and O–H groups in total. The van der Waals surface area contributed by atoms with Crippen molar-refractivity contribution in [3.8, 4) is 11.8 Å². The van der Waals surface area contributed by atoms with Gasteiger partial charge in [-0.2, -0.15) is 5.26 Å². The minimum atomic E-state index is -0.335. The highest BCUT2D eigenvalue weighted by atomic mass is 16.5. The van der Waals surface area contributed by atoms with Crippen molar-refractivity contribution < 1.29 is 14.3 Å². The number of hydrogen-bond acceptors (Lipinski definition) is 5. The summed E-state index contributed by atoms with van der Waals surface area (Å²) in [5, 5.41) is 12.6. The minimum Gasteiger partial charge on any atom is -0.497 e. The molecule has 7 heteroatoms. The number of nitriles is 1. The number of amidine groups is 1. The number of likely N-dealkylation sites (tertiary alicyclic amines) is 1. The Kier molecular flexibility index (Phi) is 5.80. The molecule has 2 aliphatic rings. The molecule has 0 aromatic heterocycles. The van der Waals surface area contributed by atoms with Crippen molar-refractivity contribution in [3.05, 3.63) is 70.8 Å². The molecule has 0 aliphatic carbocycles. The molecule has 2 aromatic rings. The molecule has 0 saturated carbocycles. The van der Waals surface area contributed by atoms with Gasteiger partial charge in [-0.15, -0.1) is 0 Å². The van der Waals surface area contributed by atoms with Gasteiger partial charge in [-0.3, -0.25) is 9.59 Å². The molecule has 2 aromatic carbocycles. The molecule has 2 amide bonds. The molecular formula is C24H22N4O3. The number of piperidine rings is 1. The van der Waals surface area contributed by atoms with Gasteiger partial charge in [-0.25, -0.2) is 4.99 Å². The fourth-order valence-electron chi connectivity index (χ4n) is 3.79. The zero-order valence-corrected chi connectivity index (χ0v) is 17.2. The first-order valence-corrected chi connectivity index (χ1v) is 10.2. The quantitative estimate of drug-likeness (QED) is 0.617. The highest BCUT2D eigenvalue weighted by Crippen LogP contribution is 2.31. The zero-order valence-electron chi connectivity index (χ0n) is 17.2. The van der Waals surface area contributed by atoms with Crippen LogP contribution < -0.4 is 10.1 Å². The van der Waals surface area contributed by atoms with Crippen LogP contribution >= 0.6 is 0 Å². The summed E-state index contributed by atoms with van der Waals surface area (Å²) in [6.45, 7) is 1.29. The van der Waals surface area contributed by atoms with E-state index < -0.39 is 0 Å². The Labute approximate surface area is 180 Å². The number of nitrogens with zero attached hydrogens (tertiary/aromatic N) is 3. The van der Waals surface area contributed by atoms with Crippen LogP contribution in [0.25, 0.3) is 5.70 Å². The first-order valence-electron chi connectivity index (χ1n) is 10.2. The Bertz CT molecular complexity index is 1120. The summed E-state index contributed by atoms with van der Waals surface area (Å²) in [4.78, 5) is 32.0. The van der Waals surface area contributed by atoms with Crippen LogP contribution in [-0.2, 0) is 4.79 Å². The van der Waals surface area contributed by atoms with Crippen molar-refractivity contribution in [2.75, 3.05) is 20.2 Å². The third-order valence-electron chi connectivity index (χ3n) is 5.45. The van der Waals surface area contributed by atoms with Crippen molar-refractivity contribution in [1.82, 2.24) is 10.2 Å². The normalized spacial score (nSPS) is 16.6. The molecule has 1 fully saturated rings. The Morgan fingerprint density at radius 1 is 1.03 bits per heavy atom. The third-order valence-corrected chi connectivity index (χ3v) is 5.45. The number of carbonyl (C=O) groups excluding carboxylic acids is 2. The summed E-state index contributed by atoms with van der Waals surface area (Å²) in [6, 6.07) is 16.1. The van der Waals surface area contributed by atoms with Crippen molar-refractivity contribution in [1.29, 1.82) is 5.26 Å². The van der Waals surface area contributed by atoms with Gasteiger partial charge in [0.2, 0.25) is 0 Å². The maximum absolute atomic E-state index is 13.0. The molecule has 2 heterocycles. The van der Waals surface area contributed by atoms with Crippen LogP contribution in [0.5, 0.6) is 5.75 Å². The van der Waals surface area contributed by atoms with Gasteiger partial charge in [0.25, 0.3) is 11.8 Å². The first kappa shape index (κ1) is 20.4. The van der Waals surface area contributed by atoms with E-state index in [0.29, 0.717) is 47.1 Å². The number of amides is 2. The van der Waals surface area contributed by atoms with E-state index in [1.165, 1.54) is 0 Å². The lowest BCUT2D eigenvalue weighted by atomic mass is 10.0. The molecule has 2 aliphatic heterocycles. The third kappa shape index (κ3) is 4.05. The van der Waals surface area contributed by atoms with E-state index in [-0.39, 0.29) is 17.4 Å². The van der Waals surface area contributed by atoms with Gasteiger partial charge in [0.15, 0.2) is 0 Å². The van der Waals surface area contributed by atoms with E-state index in [0.717, 1.165) is 19.3 Å². The van der Waals surface area contributed by atoms with Gasteiger partial charge in [-0.05, 0) is 43.5 Å². The summed E-state index contributed by atoms with van der Waals surface area (Å²) in [5.41, 5.74) is 2.10. The molecule has 0 radical (unpaired) electrons. The second kappa shape index (κ2) is 8.84. The highest BCUT2D eigenvalue weighted by Gasteiger charge is 2.29. The van der Waals surface area contributed by atoms with Crippen LogP contribution in [0.15, 0.2) is 59.1 Å². The van der Waals surface area contributed by atoms with Crippen LogP contribution in [0.4, 0.5) is 0 Å². The Balaban J connectivity index is 1.67. The fraction of sp³-hybridized carbons (Fsp3) is 0.250. The maximum Gasteiger partial charge on any atom is 0.266 e. The van der Waals surface area contributed by atoms with Gasteiger partial charge in [-0.1, -0.05) is 24.3 Å². The number of benzene rings is 2. The van der Waals surface area contributed by atoms with Gasteiger partial charge in [0.05, 0.1) is 12.8 Å². The number of carbonyl (C=O) groups is 2. The minimum absolute atomic E-state index is 0.00282. The van der Waals surface area contributed by atoms with Gasteiger partial charge >= 0.3 is 0 Å². The van der Waals surface area contributed by atoms with Crippen LogP contribution in [0.3, 0.4) is 0 Å². The molecule has 7 nitrogen and oxygen atoms in total. The van der Waals surface area contributed by atoms with E-state index in [1.54, 1.807) is 36.3 Å². The van der Waals surface area contributed by atoms with E-state index in [1.807, 2.05) is 24.3 Å². The largest absolute Gasteiger partial charge is 0.497 e. The fourth-order valence-corrected chi connectivity index (χ4v) is 3.79. The smallest absolute Gasteiger partial charge is 0.266 e. The average Bonchev–Trinajstić information content (AvgIpc) is 3.18. The standard InChI is InChI=1S/C24H22N4O3/c1-31-17-11-9-16(10-12-17)23(29)27-22-19-8-4-3-7-18(19)21(26-22)20(15-25)24(30)28-13-5-2-6-14-28/h3-4,7-12H,2,5-6,13-14H2,1H3,(H,26,27,29)/b21-20+. The van der Waals surface area contributed by atoms with Crippen molar-refractivity contribution in [2.45, 2.75) is 19.3 Å². The van der Waals surface area contributed by atoms with Crippen LogP contribution in [0.2, 0.25) is 0 Å². The molecule has 0 atom stereocenters. The molecule has 0 unspecified atom stereocenters. The van der Waals surface area contributed by atoms with E-state index in [2.05, 4.69) is 16.4 Å². The second-order valence-corrected chi connectivity index (χ2v) is 7.38. The topological polar surface area (TPSA) is 94.8 Å². The molecule has 1 saturated heterocycles. The molecule has 0 spiro atoms. The first-order chi connectivity index (χ1) is 15.1. The molecule has 31 heavy (non-hydrogen) atoms. The predicted octanol–water partition coefficient (Wildman–Crippen LogP) is 3.13. The number of ether oxygens (including phenoxy) is 1. The summed E-state index contributed by atoms with van der Waals surface area (Å²) < 4.78 is 5.13. The molecule has 0 bridgehead atoms. The van der Waals surface area contributed by atoms with E-state index in [4.69, 9.17) is 4.74 Å². The number of nitrogens with one attached hydrogen (secondary N) is 1. The molecule has 156 valence electrons. The van der Waals surface area contributed by atoms with Crippen LogP contribution in [-0.4, -0.2) is 42.7 Å². The number of aliphatic imine (C=N–C) groups is 1. The second-order valence-electron chi connectivity index (χ2n) is 7.38. The predicted molar refractivity (Wildman–Crippen MR) is 116 cm³/mol. The lowest BCUT2D eigenvalue weighted by molar-refractivity contribution is -0.127. The van der Waals surface area contributed by atoms with Crippen LogP contribution in [0, 0.1) is 11.3 Å². The lowest BCUT2D eigenvalue weighted by Gasteiger charge is -2.26. The van der Waals surface area contributed by atoms with E-state index >= 15 is 0 Å². The number of rotatable bonds is 3. The van der Waals surface area contributed by atoms with Crippen molar-refractivity contribution in [2.24, 2.45) is 4.99 Å². The van der Waals surface area contributed by atoms with E-state index in [9.17, 15) is 14.9 Å². The van der Waals surface area contributed by atoms with Gasteiger partial charge < -0.3 is 15.0 Å². The Morgan fingerprint density at radius 3 is 2.35 bits per heavy atom. The average molecular weight is 414 g/mol. The summed E-state index contributed by atoms with van der Waals surface area (Å²) in [7, 11) is 1.56. The van der Waals surface area contributed by atoms with Gasteiger partial charge in [0.1, 0.15) is 23.2 Å². The highest BCUT2D eigenvalue weighted by molar-refractivity contribution is 6.20. The SMILES string of the molecule is COc1ccc(C(=O)NC2=N/C(=C(\C#N)C(=O)N3CCCCC3)c3ccccc32)cc1. The summed E-state index contributed by atoms with van der Waals surface area (Å²) in [5.74, 6) is 0.336. The number of hydrogen-bond donors (Lipinski definition) is 1. The molecular weight excluding hydrogens is 392 g/mol. The maximum atomic E-state index is 13.0. The van der Waals surface area contributed by atoms with Crippen molar-refractivity contribution >= 4 is 23.3 Å². The van der Waals surface area contributed by atoms with Crippen molar-refractivity contribution in [3.63, 3.8) is 0 Å². The Hall–Kier alpha value is -3.92. The number of methoxy groups -OCH3 is 1. The lowest BCUT2D eigenvalue weighted by Crippen LogP contribution is -2.36. The summed E-state index contributed by atoms with van der Waals surface area (Å²) >= 11 is 0. The Morgan fingerprint density at radius 2 is 1.71 bits per heavy atom. The number of fused-ring (bicyclic) bond motifs is 1.